The molecule has 2 N–H and O–H groups in total. The Bertz CT molecular complexity index is 534. The van der Waals surface area contributed by atoms with Crippen molar-refractivity contribution in [1.82, 2.24) is 4.90 Å². The highest BCUT2D eigenvalue weighted by Crippen LogP contribution is 2.09. The van der Waals surface area contributed by atoms with Crippen molar-refractivity contribution in [2.24, 2.45) is 0 Å². The van der Waals surface area contributed by atoms with E-state index in [0.717, 1.165) is 16.0 Å². The Morgan fingerprint density at radius 1 is 1.10 bits per heavy atom. The molecule has 0 saturated carbocycles. The smallest absolute Gasteiger partial charge is 0.323 e. The van der Waals surface area contributed by atoms with Crippen molar-refractivity contribution < 1.29 is 24.6 Å². The lowest BCUT2D eigenvalue weighted by Crippen LogP contribution is -2.38. The second kappa shape index (κ2) is 7.08. The van der Waals surface area contributed by atoms with E-state index in [1.165, 1.54) is 12.2 Å². The van der Waals surface area contributed by atoms with Crippen molar-refractivity contribution in [3.8, 4) is 0 Å². The van der Waals surface area contributed by atoms with E-state index in [9.17, 15) is 14.4 Å². The van der Waals surface area contributed by atoms with Crippen LogP contribution in [0.3, 0.4) is 0 Å². The van der Waals surface area contributed by atoms with Gasteiger partial charge in [0.25, 0.3) is 0 Å². The molecule has 0 unspecified atom stereocenters. The van der Waals surface area contributed by atoms with Crippen LogP contribution in [0.2, 0.25) is 0 Å². The number of amides is 1. The molecule has 0 heterocycles. The number of aliphatic carboxylic acids is 2. The third-order valence-corrected chi connectivity index (χ3v) is 2.56. The molecule has 0 aliphatic heterocycles. The molecule has 6 nitrogen and oxygen atoms in total. The first kappa shape index (κ1) is 15.4. The zero-order chi connectivity index (χ0) is 15.1. The normalized spacial score (nSPS) is 10.4. The van der Waals surface area contributed by atoms with Crippen LogP contribution in [0.1, 0.15) is 11.1 Å². The van der Waals surface area contributed by atoms with Gasteiger partial charge in [-0.15, -0.1) is 0 Å². The van der Waals surface area contributed by atoms with E-state index in [4.69, 9.17) is 10.2 Å². The zero-order valence-corrected chi connectivity index (χ0v) is 10.9. The van der Waals surface area contributed by atoms with Gasteiger partial charge in [0, 0.05) is 6.08 Å². The van der Waals surface area contributed by atoms with E-state index < -0.39 is 30.9 Å². The third-order valence-electron chi connectivity index (χ3n) is 2.56. The third kappa shape index (κ3) is 4.93. The summed E-state index contributed by atoms with van der Waals surface area (Å²) in [7, 11) is 0. The van der Waals surface area contributed by atoms with E-state index in [1.54, 1.807) is 6.07 Å². The highest BCUT2D eigenvalue weighted by Gasteiger charge is 2.17. The van der Waals surface area contributed by atoms with Crippen LogP contribution < -0.4 is 0 Å². The van der Waals surface area contributed by atoms with Gasteiger partial charge < -0.3 is 15.1 Å². The molecule has 0 bridgehead atoms. The lowest BCUT2D eigenvalue weighted by Gasteiger charge is -2.16. The summed E-state index contributed by atoms with van der Waals surface area (Å²) in [5.74, 6) is -3.18. The Hall–Kier alpha value is -2.63. The maximum Gasteiger partial charge on any atom is 0.323 e. The minimum absolute atomic E-state index is 0.650. The number of carboxylic acids is 2. The molecule has 6 heteroatoms. The summed E-state index contributed by atoms with van der Waals surface area (Å²) in [5, 5.41) is 17.3. The number of carbonyl (C=O) groups excluding carboxylic acids is 1. The van der Waals surface area contributed by atoms with Crippen molar-refractivity contribution in [2.75, 3.05) is 13.1 Å². The van der Waals surface area contributed by atoms with Crippen molar-refractivity contribution in [3.05, 3.63) is 41.5 Å². The molecule has 0 aliphatic carbocycles. The number of carboxylic acid groups (broad SMARTS) is 2. The van der Waals surface area contributed by atoms with Crippen LogP contribution in [-0.2, 0) is 14.4 Å². The number of hydrogen-bond acceptors (Lipinski definition) is 3. The van der Waals surface area contributed by atoms with Crippen LogP contribution in [0.15, 0.2) is 30.3 Å². The second-order valence-electron chi connectivity index (χ2n) is 4.17. The van der Waals surface area contributed by atoms with E-state index in [0.29, 0.717) is 0 Å². The summed E-state index contributed by atoms with van der Waals surface area (Å²) in [5.41, 5.74) is 1.77. The number of benzene rings is 1. The van der Waals surface area contributed by atoms with Crippen LogP contribution in [0.5, 0.6) is 0 Å². The molecule has 0 aliphatic rings. The molecule has 20 heavy (non-hydrogen) atoms. The van der Waals surface area contributed by atoms with Crippen molar-refractivity contribution in [3.63, 3.8) is 0 Å². The summed E-state index contributed by atoms with van der Waals surface area (Å²) in [6.45, 7) is 0.572. The van der Waals surface area contributed by atoms with Gasteiger partial charge in [-0.1, -0.05) is 24.3 Å². The monoisotopic (exact) mass is 277 g/mol. The summed E-state index contributed by atoms with van der Waals surface area (Å²) in [6.07, 6.45) is 2.71. The van der Waals surface area contributed by atoms with Crippen molar-refractivity contribution >= 4 is 23.9 Å². The molecule has 0 radical (unpaired) electrons. The molecule has 1 aromatic carbocycles. The summed E-state index contributed by atoms with van der Waals surface area (Å²) in [6, 6.07) is 7.34. The SMILES string of the molecule is Cc1ccccc1C=CC(=O)N(CC(=O)O)CC(=O)O. The number of nitrogens with zero attached hydrogens (tertiary/aromatic N) is 1. The van der Waals surface area contributed by atoms with Gasteiger partial charge in [0.05, 0.1) is 0 Å². The van der Waals surface area contributed by atoms with Gasteiger partial charge >= 0.3 is 11.9 Å². The number of aryl methyl sites for hydroxylation is 1. The van der Waals surface area contributed by atoms with Crippen molar-refractivity contribution in [2.45, 2.75) is 6.92 Å². The highest BCUT2D eigenvalue weighted by atomic mass is 16.4. The van der Waals surface area contributed by atoms with Gasteiger partial charge in [-0.05, 0) is 24.1 Å². The zero-order valence-electron chi connectivity index (χ0n) is 10.9. The largest absolute Gasteiger partial charge is 0.480 e. The Balaban J connectivity index is 2.82. The maximum atomic E-state index is 11.8. The maximum absolute atomic E-state index is 11.8. The Morgan fingerprint density at radius 3 is 2.15 bits per heavy atom. The predicted octanol–water partition coefficient (Wildman–Crippen LogP) is 1.01. The van der Waals surface area contributed by atoms with Gasteiger partial charge in [-0.3, -0.25) is 14.4 Å². The molecular weight excluding hydrogens is 262 g/mol. The first-order chi connectivity index (χ1) is 9.40. The van der Waals surface area contributed by atoms with E-state index >= 15 is 0 Å². The highest BCUT2D eigenvalue weighted by molar-refractivity contribution is 5.95. The molecule has 1 aromatic rings. The Kier molecular flexibility index (Phi) is 5.46. The van der Waals surface area contributed by atoms with E-state index in [2.05, 4.69) is 0 Å². The summed E-state index contributed by atoms with van der Waals surface area (Å²) in [4.78, 5) is 33.8. The summed E-state index contributed by atoms with van der Waals surface area (Å²) < 4.78 is 0. The predicted molar refractivity (Wildman–Crippen MR) is 72.1 cm³/mol. The van der Waals surface area contributed by atoms with Crippen LogP contribution in [0, 0.1) is 6.92 Å². The fourth-order valence-electron chi connectivity index (χ4n) is 1.58. The topological polar surface area (TPSA) is 94.9 Å². The summed E-state index contributed by atoms with van der Waals surface area (Å²) >= 11 is 0. The van der Waals surface area contributed by atoms with Crippen LogP contribution in [0.25, 0.3) is 6.08 Å². The van der Waals surface area contributed by atoms with Gasteiger partial charge in [0.2, 0.25) is 5.91 Å². The lowest BCUT2D eigenvalue weighted by molar-refractivity contribution is -0.147. The Labute approximate surface area is 115 Å². The van der Waals surface area contributed by atoms with Crippen LogP contribution >= 0.6 is 0 Å². The molecule has 0 saturated heterocycles. The molecular formula is C14H15NO5. The van der Waals surface area contributed by atoms with E-state index in [-0.39, 0.29) is 0 Å². The van der Waals surface area contributed by atoms with E-state index in [1.807, 2.05) is 25.1 Å². The Morgan fingerprint density at radius 2 is 1.65 bits per heavy atom. The fraction of sp³-hybridized carbons (Fsp3) is 0.214. The standard InChI is InChI=1S/C14H15NO5/c1-10-4-2-3-5-11(10)6-7-12(16)15(8-13(17)18)9-14(19)20/h2-7H,8-9H2,1H3,(H,17,18)(H,19,20). The van der Waals surface area contributed by atoms with Gasteiger partial charge in [0.15, 0.2) is 0 Å². The number of hydrogen-bond donors (Lipinski definition) is 2. The molecule has 1 amide bonds. The number of carbonyl (C=O) groups is 3. The van der Waals surface area contributed by atoms with Crippen LogP contribution in [-0.4, -0.2) is 46.0 Å². The van der Waals surface area contributed by atoms with Gasteiger partial charge in [0.1, 0.15) is 13.1 Å². The van der Waals surface area contributed by atoms with Crippen LogP contribution in [0.4, 0.5) is 0 Å². The first-order valence-corrected chi connectivity index (χ1v) is 5.86. The second-order valence-corrected chi connectivity index (χ2v) is 4.17. The lowest BCUT2D eigenvalue weighted by atomic mass is 10.1. The average molecular weight is 277 g/mol. The molecule has 0 aromatic heterocycles. The molecule has 106 valence electrons. The van der Waals surface area contributed by atoms with Gasteiger partial charge in [-0.2, -0.15) is 0 Å². The molecule has 0 fully saturated rings. The number of rotatable bonds is 6. The minimum atomic E-state index is -1.26. The average Bonchev–Trinajstić information content (AvgIpc) is 2.35. The van der Waals surface area contributed by atoms with Crippen molar-refractivity contribution in [1.29, 1.82) is 0 Å². The quantitative estimate of drug-likeness (QED) is 0.756. The fourth-order valence-corrected chi connectivity index (χ4v) is 1.58. The molecule has 0 atom stereocenters. The first-order valence-electron chi connectivity index (χ1n) is 5.86. The molecule has 0 spiro atoms. The van der Waals surface area contributed by atoms with Gasteiger partial charge in [-0.25, -0.2) is 0 Å². The minimum Gasteiger partial charge on any atom is -0.480 e. The molecule has 1 rings (SSSR count).